The Labute approximate surface area is 200 Å². The lowest BCUT2D eigenvalue weighted by Gasteiger charge is -2.14. The van der Waals surface area contributed by atoms with E-state index in [4.69, 9.17) is 0 Å². The monoisotopic (exact) mass is 438 g/mol. The number of nitrogens with zero attached hydrogens (tertiary/aromatic N) is 1. The molecule has 0 aliphatic heterocycles. The molecule has 1 N–H and O–H groups in total. The minimum absolute atomic E-state index is 1.09. The average molecular weight is 439 g/mol. The predicted molar refractivity (Wildman–Crippen MR) is 146 cm³/mol. The zero-order valence-corrected chi connectivity index (χ0v) is 19.4. The summed E-state index contributed by atoms with van der Waals surface area (Å²) in [4.78, 5) is 0. The summed E-state index contributed by atoms with van der Waals surface area (Å²) in [6, 6.07) is 41.1. The van der Waals surface area contributed by atoms with Gasteiger partial charge in [-0.3, -0.25) is 0 Å². The van der Waals surface area contributed by atoms with Gasteiger partial charge in [-0.15, -0.1) is 0 Å². The van der Waals surface area contributed by atoms with Gasteiger partial charge in [0.15, 0.2) is 0 Å². The van der Waals surface area contributed by atoms with Gasteiger partial charge in [-0.25, -0.2) is 0 Å². The Hall–Kier alpha value is -4.30. The summed E-state index contributed by atoms with van der Waals surface area (Å²) in [5.41, 5.74) is 10.9. The Kier molecular flexibility index (Phi) is 4.92. The maximum Gasteiger partial charge on any atom is 0.0509 e. The standard InChI is InChI=1S/C32H26N2/c1-22-10-6-7-13-26(22)27-14-8-9-15-30(27)33-25-17-19-29-28-18-16-24(23-11-4-3-5-12-23)20-31(28)34(2)32(29)21-25/h3-21,33H,1-2H3. The van der Waals surface area contributed by atoms with E-state index in [2.05, 4.69) is 139 Å². The van der Waals surface area contributed by atoms with Crippen LogP contribution in [0.5, 0.6) is 0 Å². The van der Waals surface area contributed by atoms with Gasteiger partial charge in [0, 0.05) is 40.3 Å². The maximum absolute atomic E-state index is 3.69. The minimum atomic E-state index is 1.09. The van der Waals surface area contributed by atoms with Crippen LogP contribution in [0, 0.1) is 6.92 Å². The van der Waals surface area contributed by atoms with Crippen molar-refractivity contribution in [1.29, 1.82) is 0 Å². The van der Waals surface area contributed by atoms with Crippen LogP contribution in [0.25, 0.3) is 44.1 Å². The normalized spacial score (nSPS) is 11.2. The Morgan fingerprint density at radius 2 is 1.21 bits per heavy atom. The highest BCUT2D eigenvalue weighted by Crippen LogP contribution is 2.36. The van der Waals surface area contributed by atoms with Gasteiger partial charge < -0.3 is 9.88 Å². The van der Waals surface area contributed by atoms with Crippen LogP contribution in [-0.2, 0) is 7.05 Å². The molecule has 6 aromatic rings. The zero-order valence-electron chi connectivity index (χ0n) is 19.4. The molecule has 0 bridgehead atoms. The average Bonchev–Trinajstić information content (AvgIpc) is 3.16. The molecule has 0 radical (unpaired) electrons. The second-order valence-electron chi connectivity index (χ2n) is 8.87. The van der Waals surface area contributed by atoms with E-state index in [-0.39, 0.29) is 0 Å². The topological polar surface area (TPSA) is 17.0 Å². The molecule has 2 nitrogen and oxygen atoms in total. The van der Waals surface area contributed by atoms with Crippen molar-refractivity contribution in [2.24, 2.45) is 7.05 Å². The van der Waals surface area contributed by atoms with E-state index in [0.29, 0.717) is 0 Å². The lowest BCUT2D eigenvalue weighted by molar-refractivity contribution is 1.01. The first-order valence-electron chi connectivity index (χ1n) is 11.7. The van der Waals surface area contributed by atoms with Gasteiger partial charge in [0.2, 0.25) is 0 Å². The summed E-state index contributed by atoms with van der Waals surface area (Å²) in [6.07, 6.45) is 0. The van der Waals surface area contributed by atoms with Crippen molar-refractivity contribution in [3.63, 3.8) is 0 Å². The van der Waals surface area contributed by atoms with Gasteiger partial charge in [0.05, 0.1) is 5.52 Å². The molecule has 1 heterocycles. The highest BCUT2D eigenvalue weighted by molar-refractivity contribution is 6.10. The van der Waals surface area contributed by atoms with Gasteiger partial charge in [0.1, 0.15) is 0 Å². The van der Waals surface area contributed by atoms with Crippen LogP contribution in [-0.4, -0.2) is 4.57 Å². The van der Waals surface area contributed by atoms with Crippen molar-refractivity contribution in [3.8, 4) is 22.3 Å². The highest BCUT2D eigenvalue weighted by Gasteiger charge is 2.12. The fourth-order valence-corrected chi connectivity index (χ4v) is 4.95. The van der Waals surface area contributed by atoms with Crippen molar-refractivity contribution in [1.82, 2.24) is 4.57 Å². The van der Waals surface area contributed by atoms with E-state index in [9.17, 15) is 0 Å². The third kappa shape index (κ3) is 3.45. The molecule has 164 valence electrons. The van der Waals surface area contributed by atoms with Crippen molar-refractivity contribution >= 4 is 33.2 Å². The zero-order chi connectivity index (χ0) is 23.1. The molecule has 0 saturated carbocycles. The van der Waals surface area contributed by atoms with E-state index in [1.165, 1.54) is 49.6 Å². The van der Waals surface area contributed by atoms with Crippen molar-refractivity contribution in [3.05, 3.63) is 121 Å². The predicted octanol–water partition coefficient (Wildman–Crippen LogP) is 8.72. The number of para-hydroxylation sites is 1. The van der Waals surface area contributed by atoms with E-state index < -0.39 is 0 Å². The molecule has 0 fully saturated rings. The maximum atomic E-state index is 3.69. The molecule has 6 rings (SSSR count). The molecule has 0 atom stereocenters. The van der Waals surface area contributed by atoms with E-state index in [1.807, 2.05) is 0 Å². The number of hydrogen-bond acceptors (Lipinski definition) is 1. The SMILES string of the molecule is Cc1ccccc1-c1ccccc1Nc1ccc2c3ccc(-c4ccccc4)cc3n(C)c2c1. The largest absolute Gasteiger partial charge is 0.355 e. The molecule has 0 spiro atoms. The van der Waals surface area contributed by atoms with Crippen molar-refractivity contribution in [2.45, 2.75) is 6.92 Å². The number of hydrogen-bond donors (Lipinski definition) is 1. The molecule has 2 heteroatoms. The van der Waals surface area contributed by atoms with E-state index >= 15 is 0 Å². The summed E-state index contributed by atoms with van der Waals surface area (Å²) in [7, 11) is 2.16. The molecular weight excluding hydrogens is 412 g/mol. The number of fused-ring (bicyclic) bond motifs is 3. The van der Waals surface area contributed by atoms with E-state index in [0.717, 1.165) is 11.4 Å². The summed E-state index contributed by atoms with van der Waals surface area (Å²) >= 11 is 0. The summed E-state index contributed by atoms with van der Waals surface area (Å²) in [5.74, 6) is 0. The number of aromatic nitrogens is 1. The van der Waals surface area contributed by atoms with Gasteiger partial charge in [-0.05, 0) is 53.4 Å². The first kappa shape index (κ1) is 20.3. The van der Waals surface area contributed by atoms with Crippen molar-refractivity contribution in [2.75, 3.05) is 5.32 Å². The number of nitrogens with one attached hydrogen (secondary N) is 1. The molecule has 0 unspecified atom stereocenters. The molecule has 0 aliphatic carbocycles. The smallest absolute Gasteiger partial charge is 0.0509 e. The second kappa shape index (κ2) is 8.24. The highest BCUT2D eigenvalue weighted by atomic mass is 14.9. The van der Waals surface area contributed by atoms with Crippen LogP contribution in [0.2, 0.25) is 0 Å². The van der Waals surface area contributed by atoms with Crippen molar-refractivity contribution < 1.29 is 0 Å². The quantitative estimate of drug-likeness (QED) is 0.291. The van der Waals surface area contributed by atoms with Crippen LogP contribution in [0.3, 0.4) is 0 Å². The summed E-state index contributed by atoms with van der Waals surface area (Å²) in [5, 5.41) is 6.24. The molecule has 1 aromatic heterocycles. The van der Waals surface area contributed by atoms with Crippen LogP contribution in [0.1, 0.15) is 5.56 Å². The number of rotatable bonds is 4. The van der Waals surface area contributed by atoms with Gasteiger partial charge >= 0.3 is 0 Å². The third-order valence-electron chi connectivity index (χ3n) is 6.76. The van der Waals surface area contributed by atoms with E-state index in [1.54, 1.807) is 0 Å². The Bertz CT molecular complexity index is 1640. The molecule has 5 aromatic carbocycles. The molecule has 0 amide bonds. The van der Waals surface area contributed by atoms with Crippen LogP contribution in [0.4, 0.5) is 11.4 Å². The minimum Gasteiger partial charge on any atom is -0.355 e. The number of anilines is 2. The lowest BCUT2D eigenvalue weighted by Crippen LogP contribution is -1.95. The first-order chi connectivity index (χ1) is 16.7. The molecule has 0 saturated heterocycles. The van der Waals surface area contributed by atoms with Gasteiger partial charge in [-0.1, -0.05) is 91.0 Å². The molecule has 34 heavy (non-hydrogen) atoms. The second-order valence-corrected chi connectivity index (χ2v) is 8.87. The van der Waals surface area contributed by atoms with Crippen LogP contribution >= 0.6 is 0 Å². The number of aryl methyl sites for hydroxylation is 2. The molecule has 0 aliphatic rings. The van der Waals surface area contributed by atoms with Gasteiger partial charge in [-0.2, -0.15) is 0 Å². The fraction of sp³-hybridized carbons (Fsp3) is 0.0625. The van der Waals surface area contributed by atoms with Crippen LogP contribution in [0.15, 0.2) is 115 Å². The Morgan fingerprint density at radius 3 is 2.00 bits per heavy atom. The van der Waals surface area contributed by atoms with Gasteiger partial charge in [0.25, 0.3) is 0 Å². The van der Waals surface area contributed by atoms with Crippen LogP contribution < -0.4 is 5.32 Å². The molecular formula is C32H26N2. The fourth-order valence-electron chi connectivity index (χ4n) is 4.95. The first-order valence-corrected chi connectivity index (χ1v) is 11.7. The number of benzene rings is 5. The lowest BCUT2D eigenvalue weighted by atomic mass is 9.99. The Balaban J connectivity index is 1.43. The Morgan fingerprint density at radius 1 is 0.559 bits per heavy atom. The summed E-state index contributed by atoms with van der Waals surface area (Å²) in [6.45, 7) is 2.16. The third-order valence-corrected chi connectivity index (χ3v) is 6.76. The summed E-state index contributed by atoms with van der Waals surface area (Å²) < 4.78 is 2.30.